The van der Waals surface area contributed by atoms with E-state index in [1.165, 1.54) is 10.9 Å². The summed E-state index contributed by atoms with van der Waals surface area (Å²) < 4.78 is 0. The molecule has 0 aliphatic heterocycles. The first kappa shape index (κ1) is 10.8. The maximum atomic E-state index is 4.48. The summed E-state index contributed by atoms with van der Waals surface area (Å²) in [5, 5.41) is 4.28. The lowest BCUT2D eigenvalue weighted by atomic mass is 10.1. The number of pyridine rings is 1. The molecule has 2 heteroatoms. The Morgan fingerprint density at radius 3 is 2.94 bits per heavy atom. The molecule has 0 saturated heterocycles. The molecule has 0 atom stereocenters. The van der Waals surface area contributed by atoms with Crippen molar-refractivity contribution in [1.82, 2.24) is 10.3 Å². The van der Waals surface area contributed by atoms with Crippen LogP contribution in [0.1, 0.15) is 11.3 Å². The van der Waals surface area contributed by atoms with Crippen molar-refractivity contribution in [2.24, 2.45) is 0 Å². The molecule has 0 aliphatic carbocycles. The highest BCUT2D eigenvalue weighted by molar-refractivity contribution is 5.81. The van der Waals surface area contributed by atoms with E-state index in [2.05, 4.69) is 46.7 Å². The van der Waals surface area contributed by atoms with Crippen LogP contribution in [-0.2, 0) is 0 Å². The Balaban J connectivity index is 2.33. The van der Waals surface area contributed by atoms with Crippen LogP contribution in [0.2, 0.25) is 0 Å². The first-order valence-electron chi connectivity index (χ1n) is 5.48. The summed E-state index contributed by atoms with van der Waals surface area (Å²) >= 11 is 0. The van der Waals surface area contributed by atoms with Crippen LogP contribution in [0, 0.1) is 6.92 Å². The molecule has 16 heavy (non-hydrogen) atoms. The zero-order valence-electron chi connectivity index (χ0n) is 9.70. The Morgan fingerprint density at radius 2 is 2.12 bits per heavy atom. The van der Waals surface area contributed by atoms with Gasteiger partial charge in [-0.2, -0.15) is 0 Å². The average molecular weight is 212 g/mol. The van der Waals surface area contributed by atoms with Gasteiger partial charge >= 0.3 is 0 Å². The molecular formula is C14H16N2. The van der Waals surface area contributed by atoms with Gasteiger partial charge in [-0.1, -0.05) is 24.3 Å². The summed E-state index contributed by atoms with van der Waals surface area (Å²) in [5.41, 5.74) is 3.34. The van der Waals surface area contributed by atoms with Gasteiger partial charge in [0.1, 0.15) is 0 Å². The highest BCUT2D eigenvalue weighted by atomic mass is 14.8. The lowest BCUT2D eigenvalue weighted by Gasteiger charge is -2.00. The summed E-state index contributed by atoms with van der Waals surface area (Å²) in [6.45, 7) is 2.91. The quantitative estimate of drug-likeness (QED) is 0.846. The number of rotatable bonds is 3. The standard InChI is InChI=1S/C14H16N2/c1-11-5-7-13-10-12(4-3-9-15-2)6-8-14(13)16-11/h3-8,10,15H,9H2,1-2H3/b4-3+. The monoisotopic (exact) mass is 212 g/mol. The second kappa shape index (κ2) is 4.90. The van der Waals surface area contributed by atoms with Crippen molar-refractivity contribution in [3.05, 3.63) is 47.7 Å². The van der Waals surface area contributed by atoms with Crippen molar-refractivity contribution < 1.29 is 0 Å². The summed E-state index contributed by atoms with van der Waals surface area (Å²) in [4.78, 5) is 4.48. The van der Waals surface area contributed by atoms with Crippen LogP contribution in [0.25, 0.3) is 17.0 Å². The van der Waals surface area contributed by atoms with Crippen LogP contribution in [0.4, 0.5) is 0 Å². The topological polar surface area (TPSA) is 24.9 Å². The van der Waals surface area contributed by atoms with Gasteiger partial charge in [-0.25, -0.2) is 0 Å². The highest BCUT2D eigenvalue weighted by Crippen LogP contribution is 2.15. The van der Waals surface area contributed by atoms with Gasteiger partial charge in [0.25, 0.3) is 0 Å². The summed E-state index contributed by atoms with van der Waals surface area (Å²) in [6.07, 6.45) is 4.23. The van der Waals surface area contributed by atoms with Crippen molar-refractivity contribution in [3.63, 3.8) is 0 Å². The molecule has 2 aromatic rings. The van der Waals surface area contributed by atoms with Crippen molar-refractivity contribution >= 4 is 17.0 Å². The van der Waals surface area contributed by atoms with Crippen LogP contribution in [0.5, 0.6) is 0 Å². The Labute approximate surface area is 96.0 Å². The van der Waals surface area contributed by atoms with E-state index in [1.807, 2.05) is 20.0 Å². The van der Waals surface area contributed by atoms with E-state index in [0.717, 1.165) is 17.8 Å². The molecule has 0 radical (unpaired) electrons. The first-order chi connectivity index (χ1) is 7.79. The molecule has 0 amide bonds. The van der Waals surface area contributed by atoms with Gasteiger partial charge in [0.2, 0.25) is 0 Å². The molecule has 1 aromatic carbocycles. The van der Waals surface area contributed by atoms with Crippen molar-refractivity contribution in [3.8, 4) is 0 Å². The number of aromatic nitrogens is 1. The first-order valence-corrected chi connectivity index (χ1v) is 5.48. The fraction of sp³-hybridized carbons (Fsp3) is 0.214. The number of nitrogens with one attached hydrogen (secondary N) is 1. The van der Waals surface area contributed by atoms with Gasteiger partial charge in [-0.15, -0.1) is 0 Å². The van der Waals surface area contributed by atoms with E-state index in [9.17, 15) is 0 Å². The van der Waals surface area contributed by atoms with Crippen LogP contribution >= 0.6 is 0 Å². The summed E-state index contributed by atoms with van der Waals surface area (Å²) in [7, 11) is 1.94. The predicted octanol–water partition coefficient (Wildman–Crippen LogP) is 2.78. The molecule has 1 aromatic heterocycles. The molecule has 0 unspecified atom stereocenters. The van der Waals surface area contributed by atoms with E-state index >= 15 is 0 Å². The third-order valence-electron chi connectivity index (χ3n) is 2.48. The molecule has 1 heterocycles. The third kappa shape index (κ3) is 2.47. The molecule has 82 valence electrons. The Hall–Kier alpha value is -1.67. The number of benzene rings is 1. The van der Waals surface area contributed by atoms with Crippen molar-refractivity contribution in [1.29, 1.82) is 0 Å². The number of likely N-dealkylation sites (N-methyl/N-ethyl adjacent to an activating group) is 1. The molecule has 2 rings (SSSR count). The van der Waals surface area contributed by atoms with Gasteiger partial charge in [-0.3, -0.25) is 4.98 Å². The van der Waals surface area contributed by atoms with Gasteiger partial charge in [0, 0.05) is 17.6 Å². The second-order valence-corrected chi connectivity index (χ2v) is 3.86. The zero-order valence-corrected chi connectivity index (χ0v) is 9.70. The maximum absolute atomic E-state index is 4.48. The fourth-order valence-corrected chi connectivity index (χ4v) is 1.66. The minimum Gasteiger partial charge on any atom is -0.316 e. The predicted molar refractivity (Wildman–Crippen MR) is 69.4 cm³/mol. The van der Waals surface area contributed by atoms with Gasteiger partial charge in [-0.05, 0) is 37.7 Å². The van der Waals surface area contributed by atoms with E-state index in [-0.39, 0.29) is 0 Å². The molecule has 0 aliphatic rings. The second-order valence-electron chi connectivity index (χ2n) is 3.86. The molecule has 0 bridgehead atoms. The average Bonchev–Trinajstić information content (AvgIpc) is 2.29. The smallest absolute Gasteiger partial charge is 0.0705 e. The van der Waals surface area contributed by atoms with Crippen LogP contribution in [0.3, 0.4) is 0 Å². The number of hydrogen-bond donors (Lipinski definition) is 1. The normalized spacial score (nSPS) is 11.4. The van der Waals surface area contributed by atoms with Crippen molar-refractivity contribution in [2.45, 2.75) is 6.92 Å². The Morgan fingerprint density at radius 1 is 1.25 bits per heavy atom. The lowest BCUT2D eigenvalue weighted by Crippen LogP contribution is -2.03. The van der Waals surface area contributed by atoms with Gasteiger partial charge in [0.15, 0.2) is 0 Å². The highest BCUT2D eigenvalue weighted by Gasteiger charge is 1.95. The lowest BCUT2D eigenvalue weighted by molar-refractivity contribution is 0.922. The molecule has 2 nitrogen and oxygen atoms in total. The maximum Gasteiger partial charge on any atom is 0.0705 e. The largest absolute Gasteiger partial charge is 0.316 e. The number of hydrogen-bond acceptors (Lipinski definition) is 2. The van der Waals surface area contributed by atoms with Gasteiger partial charge in [0.05, 0.1) is 5.52 Å². The number of aryl methyl sites for hydroxylation is 1. The molecule has 0 saturated carbocycles. The minimum absolute atomic E-state index is 0.893. The molecule has 0 fully saturated rings. The van der Waals surface area contributed by atoms with E-state index in [4.69, 9.17) is 0 Å². The van der Waals surface area contributed by atoms with E-state index in [0.29, 0.717) is 0 Å². The third-order valence-corrected chi connectivity index (χ3v) is 2.48. The SMILES string of the molecule is CNC/C=C/c1ccc2nc(C)ccc2c1. The summed E-state index contributed by atoms with van der Waals surface area (Å²) in [5.74, 6) is 0. The number of nitrogens with zero attached hydrogens (tertiary/aromatic N) is 1. The van der Waals surface area contributed by atoms with Gasteiger partial charge < -0.3 is 5.32 Å². The molecular weight excluding hydrogens is 196 g/mol. The van der Waals surface area contributed by atoms with Crippen LogP contribution in [-0.4, -0.2) is 18.6 Å². The minimum atomic E-state index is 0.893. The molecule has 1 N–H and O–H groups in total. The van der Waals surface area contributed by atoms with Crippen LogP contribution < -0.4 is 5.32 Å². The zero-order chi connectivity index (χ0) is 11.4. The number of fused-ring (bicyclic) bond motifs is 1. The Bertz CT molecular complexity index is 515. The molecule has 0 spiro atoms. The van der Waals surface area contributed by atoms with E-state index < -0.39 is 0 Å². The van der Waals surface area contributed by atoms with E-state index in [1.54, 1.807) is 0 Å². The fourth-order valence-electron chi connectivity index (χ4n) is 1.66. The Kier molecular flexibility index (Phi) is 3.32. The van der Waals surface area contributed by atoms with Crippen LogP contribution in [0.15, 0.2) is 36.4 Å². The van der Waals surface area contributed by atoms with Crippen molar-refractivity contribution in [2.75, 3.05) is 13.6 Å². The summed E-state index contributed by atoms with van der Waals surface area (Å²) in [6, 6.07) is 10.5.